The zero-order valence-corrected chi connectivity index (χ0v) is 8.92. The van der Waals surface area contributed by atoms with Gasteiger partial charge in [0.2, 0.25) is 10.0 Å². The number of rotatable bonds is 1. The quantitative estimate of drug-likeness (QED) is 0.575. The first-order chi connectivity index (χ1) is 5.97. The average molecular weight is 204 g/mol. The summed E-state index contributed by atoms with van der Waals surface area (Å²) in [7, 11) is -0.847. The molecule has 0 radical (unpaired) electrons. The number of hydrogen-bond acceptors (Lipinski definition) is 3. The van der Waals surface area contributed by atoms with Gasteiger partial charge in [0.15, 0.2) is 0 Å². The molecule has 0 unspecified atom stereocenters. The van der Waals surface area contributed by atoms with Gasteiger partial charge >= 0.3 is 0 Å². The van der Waals surface area contributed by atoms with E-state index in [0.717, 1.165) is 26.2 Å². The van der Waals surface area contributed by atoms with Crippen LogP contribution >= 0.6 is 0 Å². The molecule has 2 fully saturated rings. The second-order valence-corrected chi connectivity index (χ2v) is 6.30. The normalized spacial score (nSPS) is 36.8. The van der Waals surface area contributed by atoms with Crippen LogP contribution in [-0.2, 0) is 10.0 Å². The number of nitrogens with zero attached hydrogens (tertiary/aromatic N) is 2. The van der Waals surface area contributed by atoms with E-state index in [2.05, 4.69) is 11.9 Å². The van der Waals surface area contributed by atoms with E-state index in [1.165, 1.54) is 6.26 Å². The molecule has 2 heterocycles. The molecule has 2 rings (SSSR count). The first-order valence-corrected chi connectivity index (χ1v) is 6.45. The minimum atomic E-state index is -2.95. The summed E-state index contributed by atoms with van der Waals surface area (Å²) in [6.07, 6.45) is 1.30. The van der Waals surface area contributed by atoms with Crippen molar-refractivity contribution in [1.82, 2.24) is 9.21 Å². The van der Waals surface area contributed by atoms with E-state index in [-0.39, 0.29) is 0 Å². The van der Waals surface area contributed by atoms with Gasteiger partial charge in [0.1, 0.15) is 0 Å². The molecule has 76 valence electrons. The van der Waals surface area contributed by atoms with Crippen LogP contribution in [0.4, 0.5) is 0 Å². The zero-order valence-electron chi connectivity index (χ0n) is 8.10. The molecule has 0 spiro atoms. The molecule has 0 saturated carbocycles. The van der Waals surface area contributed by atoms with Gasteiger partial charge in [-0.2, -0.15) is 0 Å². The van der Waals surface area contributed by atoms with Crippen LogP contribution < -0.4 is 0 Å². The highest BCUT2D eigenvalue weighted by molar-refractivity contribution is 7.88. The van der Waals surface area contributed by atoms with Crippen molar-refractivity contribution in [3.8, 4) is 0 Å². The van der Waals surface area contributed by atoms with Gasteiger partial charge in [-0.15, -0.1) is 0 Å². The summed E-state index contributed by atoms with van der Waals surface area (Å²) in [6.45, 7) is 3.56. The molecule has 0 N–H and O–H groups in total. The highest BCUT2D eigenvalue weighted by atomic mass is 32.2. The molecule has 13 heavy (non-hydrogen) atoms. The van der Waals surface area contributed by atoms with E-state index in [1.54, 1.807) is 4.31 Å². The second kappa shape index (κ2) is 2.93. The van der Waals surface area contributed by atoms with E-state index in [9.17, 15) is 8.42 Å². The summed E-state index contributed by atoms with van der Waals surface area (Å²) in [5, 5.41) is 0. The van der Waals surface area contributed by atoms with Crippen molar-refractivity contribution in [2.75, 3.05) is 39.5 Å². The summed E-state index contributed by atoms with van der Waals surface area (Å²) in [5.41, 5.74) is 0. The molecule has 0 aromatic rings. The fourth-order valence-electron chi connectivity index (χ4n) is 2.46. The van der Waals surface area contributed by atoms with Gasteiger partial charge in [0.25, 0.3) is 0 Å². The van der Waals surface area contributed by atoms with Gasteiger partial charge in [-0.25, -0.2) is 12.7 Å². The zero-order chi connectivity index (χ0) is 9.64. The third-order valence-electron chi connectivity index (χ3n) is 3.10. The molecule has 5 heteroatoms. The molecule has 0 aromatic heterocycles. The minimum Gasteiger partial charge on any atom is -0.306 e. The van der Waals surface area contributed by atoms with Crippen molar-refractivity contribution in [2.45, 2.75) is 0 Å². The number of sulfonamides is 1. The second-order valence-electron chi connectivity index (χ2n) is 4.32. The van der Waals surface area contributed by atoms with E-state index >= 15 is 0 Å². The third kappa shape index (κ3) is 1.73. The predicted molar refractivity (Wildman–Crippen MR) is 50.9 cm³/mol. The first-order valence-electron chi connectivity index (χ1n) is 4.60. The SMILES string of the molecule is CN1C[C@@H]2CN(S(C)(=O)=O)C[C@@H]2C1. The van der Waals surface area contributed by atoms with Crippen LogP contribution in [0.25, 0.3) is 0 Å². The molecule has 0 aliphatic carbocycles. The van der Waals surface area contributed by atoms with Gasteiger partial charge in [0.05, 0.1) is 6.26 Å². The Balaban J connectivity index is 2.06. The fourth-order valence-corrected chi connectivity index (χ4v) is 3.38. The molecule has 0 aromatic carbocycles. The molecule has 0 amide bonds. The maximum absolute atomic E-state index is 11.3. The van der Waals surface area contributed by atoms with Crippen LogP contribution in [0.1, 0.15) is 0 Å². The van der Waals surface area contributed by atoms with Gasteiger partial charge in [-0.05, 0) is 18.9 Å². The summed E-state index contributed by atoms with van der Waals surface area (Å²) in [4.78, 5) is 2.29. The van der Waals surface area contributed by atoms with Gasteiger partial charge in [-0.3, -0.25) is 0 Å². The molecule has 0 bridgehead atoms. The van der Waals surface area contributed by atoms with Crippen LogP contribution in [0.2, 0.25) is 0 Å². The van der Waals surface area contributed by atoms with Crippen LogP contribution in [0, 0.1) is 11.8 Å². The Bertz CT molecular complexity index is 287. The minimum absolute atomic E-state index is 0.569. The molecule has 2 saturated heterocycles. The molecule has 2 atom stereocenters. The van der Waals surface area contributed by atoms with E-state index in [0.29, 0.717) is 11.8 Å². The number of likely N-dealkylation sites (tertiary alicyclic amines) is 1. The lowest BCUT2D eigenvalue weighted by Crippen LogP contribution is -2.31. The number of fused-ring (bicyclic) bond motifs is 1. The summed E-state index contributed by atoms with van der Waals surface area (Å²) in [5.74, 6) is 1.14. The van der Waals surface area contributed by atoms with Crippen molar-refractivity contribution in [3.05, 3.63) is 0 Å². The van der Waals surface area contributed by atoms with E-state index < -0.39 is 10.0 Å². The van der Waals surface area contributed by atoms with Crippen molar-refractivity contribution in [2.24, 2.45) is 11.8 Å². The van der Waals surface area contributed by atoms with Crippen molar-refractivity contribution in [1.29, 1.82) is 0 Å². The molecule has 2 aliphatic rings. The molecular weight excluding hydrogens is 188 g/mol. The standard InChI is InChI=1S/C8H16N2O2S/c1-9-3-7-5-10(13(2,11)12)6-8(7)4-9/h7-8H,3-6H2,1-2H3/t7-,8+. The first kappa shape index (κ1) is 9.43. The monoisotopic (exact) mass is 204 g/mol. The maximum atomic E-state index is 11.3. The van der Waals surface area contributed by atoms with Crippen molar-refractivity contribution >= 4 is 10.0 Å². The Kier molecular flexibility index (Phi) is 2.13. The Morgan fingerprint density at radius 3 is 1.92 bits per heavy atom. The largest absolute Gasteiger partial charge is 0.306 e. The molecule has 2 aliphatic heterocycles. The van der Waals surface area contributed by atoms with Crippen LogP contribution in [0.15, 0.2) is 0 Å². The van der Waals surface area contributed by atoms with Crippen molar-refractivity contribution < 1.29 is 8.42 Å². The van der Waals surface area contributed by atoms with Gasteiger partial charge in [0, 0.05) is 26.2 Å². The van der Waals surface area contributed by atoms with Crippen LogP contribution in [0.5, 0.6) is 0 Å². The highest BCUT2D eigenvalue weighted by Gasteiger charge is 2.41. The Morgan fingerprint density at radius 1 is 1.08 bits per heavy atom. The Morgan fingerprint density at radius 2 is 1.54 bits per heavy atom. The lowest BCUT2D eigenvalue weighted by atomic mass is 10.0. The molecular formula is C8H16N2O2S. The Hall–Kier alpha value is -0.130. The number of hydrogen-bond donors (Lipinski definition) is 0. The fraction of sp³-hybridized carbons (Fsp3) is 1.00. The summed E-state index contributed by atoms with van der Waals surface area (Å²) >= 11 is 0. The van der Waals surface area contributed by atoms with E-state index in [1.807, 2.05) is 0 Å². The average Bonchev–Trinajstić information content (AvgIpc) is 2.40. The lowest BCUT2D eigenvalue weighted by Gasteiger charge is -2.16. The van der Waals surface area contributed by atoms with Gasteiger partial charge in [-0.1, -0.05) is 0 Å². The third-order valence-corrected chi connectivity index (χ3v) is 4.34. The van der Waals surface area contributed by atoms with Crippen LogP contribution in [0.3, 0.4) is 0 Å². The smallest absolute Gasteiger partial charge is 0.211 e. The molecule has 4 nitrogen and oxygen atoms in total. The maximum Gasteiger partial charge on any atom is 0.211 e. The Labute approximate surface area is 79.6 Å². The lowest BCUT2D eigenvalue weighted by molar-refractivity contribution is 0.350. The predicted octanol–water partition coefficient (Wildman–Crippen LogP) is -0.561. The topological polar surface area (TPSA) is 40.6 Å². The van der Waals surface area contributed by atoms with Gasteiger partial charge < -0.3 is 4.90 Å². The van der Waals surface area contributed by atoms with E-state index in [4.69, 9.17) is 0 Å². The van der Waals surface area contributed by atoms with Crippen LogP contribution in [-0.4, -0.2) is 57.1 Å². The highest BCUT2D eigenvalue weighted by Crippen LogP contribution is 2.31. The summed E-state index contributed by atoms with van der Waals surface area (Å²) in [6, 6.07) is 0. The van der Waals surface area contributed by atoms with Crippen molar-refractivity contribution in [3.63, 3.8) is 0 Å². The summed E-state index contributed by atoms with van der Waals surface area (Å²) < 4.78 is 24.1.